The zero-order valence-electron chi connectivity index (χ0n) is 9.81. The summed E-state index contributed by atoms with van der Waals surface area (Å²) in [5, 5.41) is 3.26. The summed E-state index contributed by atoms with van der Waals surface area (Å²) in [5.41, 5.74) is 1.25. The van der Waals surface area contributed by atoms with Crippen LogP contribution in [-0.2, 0) is 6.42 Å². The normalized spacial score (nSPS) is 9.94. The molecule has 0 saturated heterocycles. The average Bonchev–Trinajstić information content (AvgIpc) is 2.40. The zero-order chi connectivity index (χ0) is 11.9. The van der Waals surface area contributed by atoms with Crippen LogP contribution in [0.4, 0.5) is 5.82 Å². The molecule has 1 N–H and O–H groups in total. The minimum absolute atomic E-state index is 0.851. The Kier molecular flexibility index (Phi) is 3.97. The molecule has 17 heavy (non-hydrogen) atoms. The van der Waals surface area contributed by atoms with Crippen molar-refractivity contribution in [2.24, 2.45) is 0 Å². The molecule has 3 nitrogen and oxygen atoms in total. The monoisotopic (exact) mass is 227 g/mol. The van der Waals surface area contributed by atoms with Crippen molar-refractivity contribution in [2.75, 3.05) is 19.0 Å². The molecule has 0 amide bonds. The van der Waals surface area contributed by atoms with E-state index >= 15 is 0 Å². The first-order valence-electron chi connectivity index (χ1n) is 5.57. The Balaban J connectivity index is 1.86. The highest BCUT2D eigenvalue weighted by Crippen LogP contribution is 2.13. The highest BCUT2D eigenvalue weighted by molar-refractivity contribution is 5.34. The number of hydrogen-bond donors (Lipinski definition) is 1. The maximum atomic E-state index is 5.18. The fourth-order valence-electron chi connectivity index (χ4n) is 1.59. The maximum Gasteiger partial charge on any atom is 0.125 e. The van der Waals surface area contributed by atoms with Gasteiger partial charge in [0.2, 0.25) is 0 Å². The Morgan fingerprint density at radius 3 is 3.06 bits per heavy atom. The standard InChI is InChI=1S/C14H15N2O/c1-17-13-6-4-5-12(11-13)8-10-16-14-7-2-3-9-15-14/h2,4-7,9,11H,8,10H2,1H3,(H,15,16). The van der Waals surface area contributed by atoms with Crippen molar-refractivity contribution in [1.82, 2.24) is 4.98 Å². The molecule has 1 heterocycles. The smallest absolute Gasteiger partial charge is 0.125 e. The lowest BCUT2D eigenvalue weighted by molar-refractivity contribution is 0.414. The van der Waals surface area contributed by atoms with Crippen molar-refractivity contribution in [2.45, 2.75) is 6.42 Å². The second-order valence-electron chi connectivity index (χ2n) is 3.67. The van der Waals surface area contributed by atoms with Gasteiger partial charge in [-0.2, -0.15) is 0 Å². The van der Waals surface area contributed by atoms with E-state index in [1.165, 1.54) is 5.56 Å². The van der Waals surface area contributed by atoms with Gasteiger partial charge in [0.25, 0.3) is 0 Å². The molecule has 0 unspecified atom stereocenters. The Labute approximate surface area is 101 Å². The van der Waals surface area contributed by atoms with Gasteiger partial charge in [0.15, 0.2) is 0 Å². The largest absolute Gasteiger partial charge is 0.497 e. The molecule has 0 bridgehead atoms. The molecular formula is C14H15N2O. The summed E-state index contributed by atoms with van der Waals surface area (Å²) in [6.07, 6.45) is 2.60. The van der Waals surface area contributed by atoms with Crippen molar-refractivity contribution in [3.05, 3.63) is 54.2 Å². The molecule has 3 heteroatoms. The van der Waals surface area contributed by atoms with Crippen LogP contribution in [0.15, 0.2) is 42.6 Å². The average molecular weight is 227 g/mol. The fourth-order valence-corrected chi connectivity index (χ4v) is 1.59. The minimum Gasteiger partial charge on any atom is -0.497 e. The fraction of sp³-hybridized carbons (Fsp3) is 0.214. The van der Waals surface area contributed by atoms with Crippen LogP contribution in [0.5, 0.6) is 5.75 Å². The third-order valence-electron chi connectivity index (χ3n) is 2.47. The molecule has 1 aromatic carbocycles. The third-order valence-corrected chi connectivity index (χ3v) is 2.47. The van der Waals surface area contributed by atoms with E-state index in [1.54, 1.807) is 13.3 Å². The summed E-state index contributed by atoms with van der Waals surface area (Å²) in [4.78, 5) is 4.15. The van der Waals surface area contributed by atoms with E-state index in [4.69, 9.17) is 4.74 Å². The molecule has 2 rings (SSSR count). The molecule has 0 aliphatic rings. The van der Waals surface area contributed by atoms with E-state index < -0.39 is 0 Å². The number of benzene rings is 1. The topological polar surface area (TPSA) is 34.1 Å². The number of rotatable bonds is 5. The summed E-state index contributed by atoms with van der Waals surface area (Å²) in [6, 6.07) is 14.7. The van der Waals surface area contributed by atoms with Crippen LogP contribution in [-0.4, -0.2) is 18.6 Å². The van der Waals surface area contributed by atoms with Crippen LogP contribution in [0, 0.1) is 6.07 Å². The molecule has 0 aliphatic carbocycles. The number of aromatic nitrogens is 1. The molecule has 1 radical (unpaired) electrons. The van der Waals surface area contributed by atoms with Gasteiger partial charge >= 0.3 is 0 Å². The SMILES string of the molecule is COc1cccc(CCNc2cc[c]cn2)c1. The number of methoxy groups -OCH3 is 1. The lowest BCUT2D eigenvalue weighted by Crippen LogP contribution is -2.05. The lowest BCUT2D eigenvalue weighted by Gasteiger charge is -2.06. The number of anilines is 1. The molecule has 0 spiro atoms. The second-order valence-corrected chi connectivity index (χ2v) is 3.67. The first-order chi connectivity index (χ1) is 8.38. The molecule has 0 atom stereocenters. The number of pyridine rings is 1. The van der Waals surface area contributed by atoms with Crippen molar-refractivity contribution < 1.29 is 4.74 Å². The van der Waals surface area contributed by atoms with Crippen LogP contribution >= 0.6 is 0 Å². The van der Waals surface area contributed by atoms with E-state index in [1.807, 2.05) is 30.3 Å². The lowest BCUT2D eigenvalue weighted by atomic mass is 10.1. The first-order valence-corrected chi connectivity index (χ1v) is 5.57. The van der Waals surface area contributed by atoms with E-state index in [-0.39, 0.29) is 0 Å². The molecule has 0 saturated carbocycles. The van der Waals surface area contributed by atoms with Gasteiger partial charge in [0.05, 0.1) is 7.11 Å². The van der Waals surface area contributed by atoms with Crippen LogP contribution in [0.25, 0.3) is 0 Å². The van der Waals surface area contributed by atoms with Gasteiger partial charge in [-0.05, 0) is 36.2 Å². The summed E-state index contributed by atoms with van der Waals surface area (Å²) >= 11 is 0. The van der Waals surface area contributed by atoms with Gasteiger partial charge in [-0.15, -0.1) is 0 Å². The van der Waals surface area contributed by atoms with E-state index in [0.29, 0.717) is 0 Å². The van der Waals surface area contributed by atoms with Gasteiger partial charge in [-0.25, -0.2) is 4.98 Å². The van der Waals surface area contributed by atoms with E-state index in [9.17, 15) is 0 Å². The van der Waals surface area contributed by atoms with Crippen LogP contribution in [0.2, 0.25) is 0 Å². The molecule has 87 valence electrons. The summed E-state index contributed by atoms with van der Waals surface area (Å²) in [7, 11) is 1.68. The number of nitrogens with zero attached hydrogens (tertiary/aromatic N) is 1. The van der Waals surface area contributed by atoms with Crippen molar-refractivity contribution >= 4 is 5.82 Å². The number of nitrogens with one attached hydrogen (secondary N) is 1. The quantitative estimate of drug-likeness (QED) is 0.852. The first kappa shape index (κ1) is 11.5. The van der Waals surface area contributed by atoms with Gasteiger partial charge in [0.1, 0.15) is 11.6 Å². The van der Waals surface area contributed by atoms with Gasteiger partial charge in [-0.3, -0.25) is 0 Å². The highest BCUT2D eigenvalue weighted by Gasteiger charge is 1.96. The van der Waals surface area contributed by atoms with Crippen molar-refractivity contribution in [3.63, 3.8) is 0 Å². The summed E-state index contributed by atoms with van der Waals surface area (Å²) < 4.78 is 5.18. The van der Waals surface area contributed by atoms with Gasteiger partial charge < -0.3 is 10.1 Å². The Morgan fingerprint density at radius 1 is 1.35 bits per heavy atom. The van der Waals surface area contributed by atoms with Crippen LogP contribution in [0.3, 0.4) is 0 Å². The third kappa shape index (κ3) is 3.48. The van der Waals surface area contributed by atoms with Crippen molar-refractivity contribution in [1.29, 1.82) is 0 Å². The molecule has 0 aliphatic heterocycles. The highest BCUT2D eigenvalue weighted by atomic mass is 16.5. The zero-order valence-corrected chi connectivity index (χ0v) is 9.81. The molecule has 0 fully saturated rings. The van der Waals surface area contributed by atoms with Gasteiger partial charge in [0, 0.05) is 18.8 Å². The molecule has 2 aromatic rings. The Morgan fingerprint density at radius 2 is 2.29 bits per heavy atom. The van der Waals surface area contributed by atoms with Crippen LogP contribution < -0.4 is 10.1 Å². The number of hydrogen-bond acceptors (Lipinski definition) is 3. The van der Waals surface area contributed by atoms with E-state index in [2.05, 4.69) is 22.4 Å². The molecular weight excluding hydrogens is 212 g/mol. The van der Waals surface area contributed by atoms with Crippen molar-refractivity contribution in [3.8, 4) is 5.75 Å². The second kappa shape index (κ2) is 5.89. The predicted molar refractivity (Wildman–Crippen MR) is 68.3 cm³/mol. The summed E-state index contributed by atoms with van der Waals surface area (Å²) in [6.45, 7) is 0.851. The van der Waals surface area contributed by atoms with Gasteiger partial charge in [-0.1, -0.05) is 12.1 Å². The summed E-state index contributed by atoms with van der Waals surface area (Å²) in [5.74, 6) is 1.78. The number of ether oxygens (including phenoxy) is 1. The van der Waals surface area contributed by atoms with E-state index in [0.717, 1.165) is 24.5 Å². The maximum absolute atomic E-state index is 5.18. The Hall–Kier alpha value is -2.03. The van der Waals surface area contributed by atoms with Crippen LogP contribution in [0.1, 0.15) is 5.56 Å². The predicted octanol–water partition coefficient (Wildman–Crippen LogP) is 2.54. The minimum atomic E-state index is 0.851. The Bertz CT molecular complexity index is 457. The molecule has 1 aromatic heterocycles.